The highest BCUT2D eigenvalue weighted by Crippen LogP contribution is 2.24. The van der Waals surface area contributed by atoms with Gasteiger partial charge >= 0.3 is 0 Å². The summed E-state index contributed by atoms with van der Waals surface area (Å²) in [6.45, 7) is 3.89. The average Bonchev–Trinajstić information content (AvgIpc) is 2.94. The van der Waals surface area contributed by atoms with E-state index in [0.717, 1.165) is 24.1 Å². The molecular formula is C12H17BrN4O. The summed E-state index contributed by atoms with van der Waals surface area (Å²) in [5.74, 6) is 0.0911. The molecule has 3 rings (SSSR count). The van der Waals surface area contributed by atoms with Gasteiger partial charge in [-0.1, -0.05) is 0 Å². The molecule has 5 nitrogen and oxygen atoms in total. The lowest BCUT2D eigenvalue weighted by atomic mass is 10.1. The maximum atomic E-state index is 12.5. The van der Waals surface area contributed by atoms with Crippen molar-refractivity contribution < 1.29 is 4.79 Å². The first-order valence-electron chi connectivity index (χ1n) is 6.37. The highest BCUT2D eigenvalue weighted by atomic mass is 79.9. The number of piperazine rings is 1. The van der Waals surface area contributed by atoms with Crippen LogP contribution in [0.15, 0.2) is 10.7 Å². The fraction of sp³-hybridized carbons (Fsp3) is 0.667. The number of amides is 1. The number of aromatic nitrogens is 2. The van der Waals surface area contributed by atoms with Gasteiger partial charge in [-0.2, -0.15) is 5.10 Å². The summed E-state index contributed by atoms with van der Waals surface area (Å²) >= 11 is 3.40. The van der Waals surface area contributed by atoms with Gasteiger partial charge in [0.15, 0.2) is 0 Å². The first kappa shape index (κ1) is 12.2. The SMILES string of the molecule is Cn1ncc(Br)c1C(=O)N1CCN2CCC[C@H]2C1. The Morgan fingerprint density at radius 1 is 1.44 bits per heavy atom. The second kappa shape index (κ2) is 4.66. The lowest BCUT2D eigenvalue weighted by molar-refractivity contribution is 0.0560. The number of halogens is 1. The second-order valence-electron chi connectivity index (χ2n) is 5.05. The Morgan fingerprint density at radius 2 is 2.28 bits per heavy atom. The first-order chi connectivity index (χ1) is 8.66. The van der Waals surface area contributed by atoms with Crippen LogP contribution in [0.1, 0.15) is 23.3 Å². The Balaban J connectivity index is 1.77. The Bertz CT molecular complexity index is 453. The fourth-order valence-electron chi connectivity index (χ4n) is 2.98. The van der Waals surface area contributed by atoms with Crippen LogP contribution >= 0.6 is 15.9 Å². The van der Waals surface area contributed by atoms with E-state index in [0.29, 0.717) is 11.7 Å². The number of rotatable bonds is 1. The summed E-state index contributed by atoms with van der Waals surface area (Å²) in [5.41, 5.74) is 0.654. The lowest BCUT2D eigenvalue weighted by Gasteiger charge is -2.37. The molecule has 0 spiro atoms. The van der Waals surface area contributed by atoms with Crippen molar-refractivity contribution in [2.75, 3.05) is 26.2 Å². The number of carbonyl (C=O) groups excluding carboxylic acids is 1. The third-order valence-electron chi connectivity index (χ3n) is 3.97. The first-order valence-corrected chi connectivity index (χ1v) is 7.17. The molecule has 2 saturated heterocycles. The molecule has 0 radical (unpaired) electrons. The maximum Gasteiger partial charge on any atom is 0.273 e. The van der Waals surface area contributed by atoms with Crippen LogP contribution in [0.4, 0.5) is 0 Å². The van der Waals surface area contributed by atoms with Crippen molar-refractivity contribution >= 4 is 21.8 Å². The van der Waals surface area contributed by atoms with Crippen molar-refractivity contribution in [2.24, 2.45) is 7.05 Å². The van der Waals surface area contributed by atoms with E-state index in [1.165, 1.54) is 19.4 Å². The van der Waals surface area contributed by atoms with Crippen LogP contribution in [0, 0.1) is 0 Å². The molecule has 3 heterocycles. The smallest absolute Gasteiger partial charge is 0.273 e. The molecule has 0 unspecified atom stereocenters. The van der Waals surface area contributed by atoms with E-state index in [-0.39, 0.29) is 5.91 Å². The highest BCUT2D eigenvalue weighted by Gasteiger charge is 2.33. The van der Waals surface area contributed by atoms with E-state index >= 15 is 0 Å². The normalized spacial score (nSPS) is 24.3. The molecule has 1 aromatic heterocycles. The molecule has 0 saturated carbocycles. The van der Waals surface area contributed by atoms with Crippen LogP contribution < -0.4 is 0 Å². The number of aryl methyl sites for hydroxylation is 1. The molecule has 2 fully saturated rings. The molecule has 0 aromatic carbocycles. The quantitative estimate of drug-likeness (QED) is 0.780. The van der Waals surface area contributed by atoms with Gasteiger partial charge < -0.3 is 4.90 Å². The summed E-state index contributed by atoms with van der Waals surface area (Å²) in [4.78, 5) is 17.0. The van der Waals surface area contributed by atoms with Gasteiger partial charge in [0.25, 0.3) is 5.91 Å². The second-order valence-corrected chi connectivity index (χ2v) is 5.90. The van der Waals surface area contributed by atoms with Crippen LogP contribution in [-0.4, -0.2) is 57.7 Å². The number of hydrogen-bond donors (Lipinski definition) is 0. The predicted octanol–water partition coefficient (Wildman–Crippen LogP) is 1.10. The third kappa shape index (κ3) is 1.97. The van der Waals surface area contributed by atoms with Crippen LogP contribution in [0.2, 0.25) is 0 Å². The number of fused-ring (bicyclic) bond motifs is 1. The minimum absolute atomic E-state index is 0.0911. The van der Waals surface area contributed by atoms with Crippen molar-refractivity contribution in [1.29, 1.82) is 0 Å². The Morgan fingerprint density at radius 3 is 3.00 bits per heavy atom. The molecule has 2 aliphatic rings. The van der Waals surface area contributed by atoms with Gasteiger partial charge in [0.2, 0.25) is 0 Å². The molecule has 0 aliphatic carbocycles. The van der Waals surface area contributed by atoms with E-state index in [1.807, 2.05) is 11.9 Å². The monoisotopic (exact) mass is 312 g/mol. The molecule has 98 valence electrons. The lowest BCUT2D eigenvalue weighted by Crippen LogP contribution is -2.52. The number of carbonyl (C=O) groups is 1. The molecule has 2 aliphatic heterocycles. The summed E-state index contributed by atoms with van der Waals surface area (Å²) < 4.78 is 2.43. The van der Waals surface area contributed by atoms with E-state index in [4.69, 9.17) is 0 Å². The molecule has 0 bridgehead atoms. The Labute approximate surface area is 115 Å². The van der Waals surface area contributed by atoms with Crippen LogP contribution in [0.3, 0.4) is 0 Å². The van der Waals surface area contributed by atoms with E-state index < -0.39 is 0 Å². The van der Waals surface area contributed by atoms with Crippen LogP contribution in [0.5, 0.6) is 0 Å². The van der Waals surface area contributed by atoms with Crippen molar-refractivity contribution in [3.05, 3.63) is 16.4 Å². The third-order valence-corrected chi connectivity index (χ3v) is 4.55. The highest BCUT2D eigenvalue weighted by molar-refractivity contribution is 9.10. The molecule has 18 heavy (non-hydrogen) atoms. The standard InChI is InChI=1S/C12H17BrN4O/c1-15-11(10(13)7-14-15)12(18)17-6-5-16-4-2-3-9(16)8-17/h7,9H,2-6,8H2,1H3/t9-/m0/s1. The average molecular weight is 313 g/mol. The summed E-state index contributed by atoms with van der Waals surface area (Å²) in [5, 5.41) is 4.11. The van der Waals surface area contributed by atoms with Crippen molar-refractivity contribution in [2.45, 2.75) is 18.9 Å². The number of hydrogen-bond acceptors (Lipinski definition) is 3. The zero-order valence-electron chi connectivity index (χ0n) is 10.5. The van der Waals surface area contributed by atoms with E-state index in [9.17, 15) is 4.79 Å². The van der Waals surface area contributed by atoms with Gasteiger partial charge in [0.05, 0.1) is 10.7 Å². The van der Waals surface area contributed by atoms with E-state index in [2.05, 4.69) is 25.9 Å². The van der Waals surface area contributed by atoms with Gasteiger partial charge in [0, 0.05) is 32.7 Å². The van der Waals surface area contributed by atoms with Gasteiger partial charge in [-0.15, -0.1) is 0 Å². The molecular weight excluding hydrogens is 296 g/mol. The minimum Gasteiger partial charge on any atom is -0.334 e. The van der Waals surface area contributed by atoms with Gasteiger partial charge in [-0.3, -0.25) is 14.4 Å². The summed E-state index contributed by atoms with van der Waals surface area (Å²) in [6, 6.07) is 0.565. The minimum atomic E-state index is 0.0911. The molecule has 6 heteroatoms. The fourth-order valence-corrected chi connectivity index (χ4v) is 3.49. The van der Waals surface area contributed by atoms with Crippen LogP contribution in [0.25, 0.3) is 0 Å². The van der Waals surface area contributed by atoms with E-state index in [1.54, 1.807) is 10.9 Å². The topological polar surface area (TPSA) is 41.4 Å². The summed E-state index contributed by atoms with van der Waals surface area (Å²) in [6.07, 6.45) is 4.16. The number of nitrogens with zero attached hydrogens (tertiary/aromatic N) is 4. The zero-order chi connectivity index (χ0) is 12.7. The van der Waals surface area contributed by atoms with Crippen LogP contribution in [-0.2, 0) is 7.05 Å². The van der Waals surface area contributed by atoms with Crippen molar-refractivity contribution in [3.63, 3.8) is 0 Å². The predicted molar refractivity (Wildman–Crippen MR) is 71.4 cm³/mol. The Hall–Kier alpha value is -0.880. The molecule has 0 N–H and O–H groups in total. The van der Waals surface area contributed by atoms with Gasteiger partial charge in [-0.05, 0) is 35.3 Å². The molecule has 1 atom stereocenters. The Kier molecular flexibility index (Phi) is 3.15. The summed E-state index contributed by atoms with van der Waals surface area (Å²) in [7, 11) is 1.81. The van der Waals surface area contributed by atoms with Crippen molar-refractivity contribution in [1.82, 2.24) is 19.6 Å². The zero-order valence-corrected chi connectivity index (χ0v) is 12.1. The van der Waals surface area contributed by atoms with Gasteiger partial charge in [0.1, 0.15) is 5.69 Å². The molecule has 1 aromatic rings. The largest absolute Gasteiger partial charge is 0.334 e. The van der Waals surface area contributed by atoms with Crippen molar-refractivity contribution in [3.8, 4) is 0 Å². The molecule has 1 amide bonds. The maximum absolute atomic E-state index is 12.5. The van der Waals surface area contributed by atoms with Gasteiger partial charge in [-0.25, -0.2) is 0 Å².